The van der Waals surface area contributed by atoms with Gasteiger partial charge in [0.15, 0.2) is 0 Å². The molecule has 0 bridgehead atoms. The van der Waals surface area contributed by atoms with E-state index in [1.165, 1.54) is 0 Å². The van der Waals surface area contributed by atoms with Crippen molar-refractivity contribution in [2.75, 3.05) is 0 Å². The average Bonchev–Trinajstić information content (AvgIpc) is 2.56. The lowest BCUT2D eigenvalue weighted by atomic mass is 10.3. The highest BCUT2D eigenvalue weighted by Gasteiger charge is 2.03. The number of benzene rings is 1. The average molecular weight is 224 g/mol. The predicted molar refractivity (Wildman–Crippen MR) is 63.1 cm³/mol. The number of H-pyrrole nitrogens is 1. The smallest absolute Gasteiger partial charge is 0.121 e. The van der Waals surface area contributed by atoms with E-state index in [-0.39, 0.29) is 0 Å². The second-order valence-electron chi connectivity index (χ2n) is 3.88. The van der Waals surface area contributed by atoms with Crippen LogP contribution in [-0.2, 0) is 6.54 Å². The van der Waals surface area contributed by atoms with Gasteiger partial charge in [-0.1, -0.05) is 25.4 Å². The Hall–Kier alpha value is -1.06. The van der Waals surface area contributed by atoms with Crippen molar-refractivity contribution in [3.63, 3.8) is 0 Å². The van der Waals surface area contributed by atoms with Crippen LogP contribution in [0.1, 0.15) is 19.7 Å². The molecule has 2 rings (SSSR count). The van der Waals surface area contributed by atoms with Crippen LogP contribution in [0.4, 0.5) is 0 Å². The molecule has 0 aliphatic heterocycles. The van der Waals surface area contributed by atoms with Crippen LogP contribution in [0.25, 0.3) is 11.0 Å². The van der Waals surface area contributed by atoms with Crippen molar-refractivity contribution in [2.45, 2.75) is 26.4 Å². The first-order valence-electron chi connectivity index (χ1n) is 5.02. The fourth-order valence-corrected chi connectivity index (χ4v) is 1.58. The maximum absolute atomic E-state index is 5.89. The minimum atomic E-state index is 0.460. The van der Waals surface area contributed by atoms with E-state index in [0.29, 0.717) is 6.04 Å². The van der Waals surface area contributed by atoms with Gasteiger partial charge in [0.1, 0.15) is 5.82 Å². The molecule has 0 aliphatic rings. The van der Waals surface area contributed by atoms with Crippen molar-refractivity contribution in [3.8, 4) is 0 Å². The van der Waals surface area contributed by atoms with Crippen LogP contribution in [0.3, 0.4) is 0 Å². The van der Waals surface area contributed by atoms with Gasteiger partial charge in [-0.05, 0) is 18.2 Å². The molecule has 0 radical (unpaired) electrons. The lowest BCUT2D eigenvalue weighted by Crippen LogP contribution is -2.22. The summed E-state index contributed by atoms with van der Waals surface area (Å²) in [6.07, 6.45) is 0. The maximum atomic E-state index is 5.89. The summed E-state index contributed by atoms with van der Waals surface area (Å²) in [6, 6.07) is 6.14. The Balaban J connectivity index is 2.23. The largest absolute Gasteiger partial charge is 0.341 e. The summed E-state index contributed by atoms with van der Waals surface area (Å²) in [7, 11) is 0. The number of hydrogen-bond acceptors (Lipinski definition) is 2. The molecule has 2 aromatic rings. The van der Waals surface area contributed by atoms with E-state index in [0.717, 1.165) is 28.4 Å². The first kappa shape index (κ1) is 10.5. The van der Waals surface area contributed by atoms with Gasteiger partial charge in [-0.3, -0.25) is 0 Å². The Morgan fingerprint density at radius 1 is 1.47 bits per heavy atom. The van der Waals surface area contributed by atoms with Gasteiger partial charge in [0.2, 0.25) is 0 Å². The maximum Gasteiger partial charge on any atom is 0.121 e. The van der Waals surface area contributed by atoms with E-state index in [2.05, 4.69) is 29.1 Å². The third-order valence-corrected chi connectivity index (χ3v) is 2.41. The van der Waals surface area contributed by atoms with Crippen LogP contribution < -0.4 is 5.32 Å². The minimum absolute atomic E-state index is 0.460. The number of aromatic nitrogens is 2. The van der Waals surface area contributed by atoms with E-state index < -0.39 is 0 Å². The minimum Gasteiger partial charge on any atom is -0.341 e. The van der Waals surface area contributed by atoms with Crippen molar-refractivity contribution >= 4 is 22.6 Å². The van der Waals surface area contributed by atoms with Crippen LogP contribution in [0, 0.1) is 0 Å². The predicted octanol–water partition coefficient (Wildman–Crippen LogP) is 2.71. The molecule has 0 saturated heterocycles. The molecule has 80 valence electrons. The van der Waals surface area contributed by atoms with Crippen LogP contribution >= 0.6 is 11.6 Å². The Labute approximate surface area is 93.9 Å². The summed E-state index contributed by atoms with van der Waals surface area (Å²) >= 11 is 5.89. The van der Waals surface area contributed by atoms with Gasteiger partial charge in [-0.2, -0.15) is 0 Å². The van der Waals surface area contributed by atoms with E-state index >= 15 is 0 Å². The number of rotatable bonds is 3. The van der Waals surface area contributed by atoms with Gasteiger partial charge in [0.05, 0.1) is 17.6 Å². The van der Waals surface area contributed by atoms with E-state index in [9.17, 15) is 0 Å². The molecule has 0 aliphatic carbocycles. The van der Waals surface area contributed by atoms with Gasteiger partial charge in [-0.15, -0.1) is 0 Å². The number of aromatic amines is 1. The highest BCUT2D eigenvalue weighted by molar-refractivity contribution is 6.31. The number of imidazole rings is 1. The number of hydrogen-bond donors (Lipinski definition) is 2. The van der Waals surface area contributed by atoms with Crippen LogP contribution in [0.2, 0.25) is 5.02 Å². The monoisotopic (exact) mass is 223 g/mol. The van der Waals surface area contributed by atoms with E-state index in [1.807, 2.05) is 18.2 Å². The molecule has 1 aromatic heterocycles. The molecule has 0 saturated carbocycles. The summed E-state index contributed by atoms with van der Waals surface area (Å²) in [5.41, 5.74) is 1.95. The zero-order chi connectivity index (χ0) is 10.8. The summed E-state index contributed by atoms with van der Waals surface area (Å²) in [5, 5.41) is 4.03. The molecule has 2 N–H and O–H groups in total. The highest BCUT2D eigenvalue weighted by Crippen LogP contribution is 2.16. The van der Waals surface area contributed by atoms with Crippen molar-refractivity contribution < 1.29 is 0 Å². The summed E-state index contributed by atoms with van der Waals surface area (Å²) in [6.45, 7) is 4.98. The third-order valence-electron chi connectivity index (χ3n) is 2.17. The Morgan fingerprint density at radius 3 is 3.00 bits per heavy atom. The normalized spacial score (nSPS) is 11.5. The number of halogens is 1. The topological polar surface area (TPSA) is 40.7 Å². The Bertz CT molecular complexity index is 462. The van der Waals surface area contributed by atoms with Gasteiger partial charge in [-0.25, -0.2) is 4.98 Å². The lowest BCUT2D eigenvalue weighted by molar-refractivity contribution is 0.576. The fraction of sp³-hybridized carbons (Fsp3) is 0.364. The number of nitrogens with zero attached hydrogens (tertiary/aromatic N) is 1. The van der Waals surface area contributed by atoms with Crippen molar-refractivity contribution in [3.05, 3.63) is 29.0 Å². The second kappa shape index (κ2) is 4.21. The van der Waals surface area contributed by atoms with Crippen LogP contribution in [0.15, 0.2) is 18.2 Å². The fourth-order valence-electron chi connectivity index (χ4n) is 1.42. The molecular formula is C11H14ClN3. The molecule has 15 heavy (non-hydrogen) atoms. The zero-order valence-electron chi connectivity index (χ0n) is 8.84. The lowest BCUT2D eigenvalue weighted by Gasteiger charge is -2.04. The summed E-state index contributed by atoms with van der Waals surface area (Å²) in [4.78, 5) is 7.69. The van der Waals surface area contributed by atoms with Gasteiger partial charge < -0.3 is 10.3 Å². The standard InChI is InChI=1S/C11H14ClN3/c1-7(2)13-6-11-14-9-4-3-8(12)5-10(9)15-11/h3-5,7,13H,6H2,1-2H3,(H,14,15). The first-order chi connectivity index (χ1) is 7.15. The van der Waals surface area contributed by atoms with Gasteiger partial charge >= 0.3 is 0 Å². The second-order valence-corrected chi connectivity index (χ2v) is 4.32. The number of nitrogens with one attached hydrogen (secondary N) is 2. The molecule has 0 atom stereocenters. The van der Waals surface area contributed by atoms with Crippen molar-refractivity contribution in [2.24, 2.45) is 0 Å². The number of fused-ring (bicyclic) bond motifs is 1. The van der Waals surface area contributed by atoms with Crippen molar-refractivity contribution in [1.82, 2.24) is 15.3 Å². The Morgan fingerprint density at radius 2 is 2.27 bits per heavy atom. The SMILES string of the molecule is CC(C)NCc1nc2cc(Cl)ccc2[nH]1. The van der Waals surface area contributed by atoms with Crippen LogP contribution in [0.5, 0.6) is 0 Å². The van der Waals surface area contributed by atoms with Crippen molar-refractivity contribution in [1.29, 1.82) is 0 Å². The Kier molecular flexibility index (Phi) is 2.93. The molecule has 1 aromatic carbocycles. The quantitative estimate of drug-likeness (QED) is 0.840. The first-order valence-corrected chi connectivity index (χ1v) is 5.40. The molecular weight excluding hydrogens is 210 g/mol. The van der Waals surface area contributed by atoms with E-state index in [1.54, 1.807) is 0 Å². The zero-order valence-corrected chi connectivity index (χ0v) is 9.60. The van der Waals surface area contributed by atoms with Gasteiger partial charge in [0.25, 0.3) is 0 Å². The molecule has 3 nitrogen and oxygen atoms in total. The third kappa shape index (κ3) is 2.49. The molecule has 1 heterocycles. The summed E-state index contributed by atoms with van der Waals surface area (Å²) < 4.78 is 0. The molecule has 0 fully saturated rings. The van der Waals surface area contributed by atoms with Crippen LogP contribution in [-0.4, -0.2) is 16.0 Å². The summed E-state index contributed by atoms with van der Waals surface area (Å²) in [5.74, 6) is 0.945. The molecule has 0 amide bonds. The molecule has 4 heteroatoms. The highest BCUT2D eigenvalue weighted by atomic mass is 35.5. The molecule has 0 spiro atoms. The van der Waals surface area contributed by atoms with E-state index in [4.69, 9.17) is 11.6 Å². The van der Waals surface area contributed by atoms with Gasteiger partial charge in [0, 0.05) is 11.1 Å². The molecule has 0 unspecified atom stereocenters.